The first-order chi connectivity index (χ1) is 8.74. The van der Waals surface area contributed by atoms with Crippen LogP contribution in [0.4, 0.5) is 0 Å². The third-order valence-electron chi connectivity index (χ3n) is 2.83. The molecule has 0 bridgehead atoms. The number of methoxy groups -OCH3 is 1. The normalized spacial score (nSPS) is 12.2. The molecule has 0 aliphatic rings. The second-order valence-corrected chi connectivity index (χ2v) is 4.00. The van der Waals surface area contributed by atoms with Crippen molar-refractivity contribution in [3.63, 3.8) is 0 Å². The summed E-state index contributed by atoms with van der Waals surface area (Å²) in [7, 11) is 1.54. The first kappa shape index (κ1) is 12.5. The lowest BCUT2D eigenvalue weighted by Crippen LogP contribution is -1.95. The standard InChI is InChI=1S/C14H16N2O2/c1-3-13(17)11-6-4-10(5-7-11)12-8-15-14(18-2)16-9-12/h4-9,13,17H,3H2,1-2H3. The summed E-state index contributed by atoms with van der Waals surface area (Å²) in [5.41, 5.74) is 2.87. The van der Waals surface area contributed by atoms with Crippen molar-refractivity contribution in [2.24, 2.45) is 0 Å². The maximum Gasteiger partial charge on any atom is 0.316 e. The summed E-state index contributed by atoms with van der Waals surface area (Å²) in [6, 6.07) is 8.12. The van der Waals surface area contributed by atoms with E-state index in [0.29, 0.717) is 12.4 Å². The van der Waals surface area contributed by atoms with Crippen LogP contribution in [0.5, 0.6) is 6.01 Å². The first-order valence-electron chi connectivity index (χ1n) is 5.89. The van der Waals surface area contributed by atoms with Gasteiger partial charge in [-0.25, -0.2) is 9.97 Å². The Hall–Kier alpha value is -1.94. The summed E-state index contributed by atoms with van der Waals surface area (Å²) >= 11 is 0. The Morgan fingerprint density at radius 3 is 2.22 bits per heavy atom. The van der Waals surface area contributed by atoms with Crippen LogP contribution in [-0.4, -0.2) is 22.2 Å². The van der Waals surface area contributed by atoms with Crippen LogP contribution in [-0.2, 0) is 0 Å². The highest BCUT2D eigenvalue weighted by atomic mass is 16.5. The molecule has 1 aromatic carbocycles. The van der Waals surface area contributed by atoms with Gasteiger partial charge in [0.05, 0.1) is 13.2 Å². The van der Waals surface area contributed by atoms with E-state index in [-0.39, 0.29) is 0 Å². The van der Waals surface area contributed by atoms with E-state index >= 15 is 0 Å². The van der Waals surface area contributed by atoms with Gasteiger partial charge in [0, 0.05) is 18.0 Å². The van der Waals surface area contributed by atoms with Crippen LogP contribution in [0.2, 0.25) is 0 Å². The molecule has 1 N–H and O–H groups in total. The molecule has 1 heterocycles. The lowest BCUT2D eigenvalue weighted by atomic mass is 10.0. The van der Waals surface area contributed by atoms with Crippen molar-refractivity contribution in [1.29, 1.82) is 0 Å². The van der Waals surface area contributed by atoms with Crippen LogP contribution < -0.4 is 4.74 Å². The van der Waals surface area contributed by atoms with E-state index in [9.17, 15) is 5.11 Å². The summed E-state index contributed by atoms with van der Waals surface area (Å²) in [5.74, 6) is 0. The van der Waals surface area contributed by atoms with Gasteiger partial charge in [0.25, 0.3) is 0 Å². The molecular formula is C14H16N2O2. The van der Waals surface area contributed by atoms with Gasteiger partial charge in [0.2, 0.25) is 0 Å². The Labute approximate surface area is 106 Å². The highest BCUT2D eigenvalue weighted by molar-refractivity contribution is 5.61. The number of nitrogens with zero attached hydrogens (tertiary/aromatic N) is 2. The molecule has 0 saturated carbocycles. The van der Waals surface area contributed by atoms with E-state index in [1.54, 1.807) is 12.4 Å². The molecule has 4 nitrogen and oxygen atoms in total. The van der Waals surface area contributed by atoms with Gasteiger partial charge in [0.15, 0.2) is 0 Å². The van der Waals surface area contributed by atoms with Gasteiger partial charge in [-0.3, -0.25) is 0 Å². The molecule has 0 amide bonds. The van der Waals surface area contributed by atoms with Crippen LogP contribution in [0.3, 0.4) is 0 Å². The van der Waals surface area contributed by atoms with E-state index in [0.717, 1.165) is 16.7 Å². The third-order valence-corrected chi connectivity index (χ3v) is 2.83. The zero-order valence-corrected chi connectivity index (χ0v) is 10.5. The predicted octanol–water partition coefficient (Wildman–Crippen LogP) is 2.60. The molecule has 1 aromatic heterocycles. The van der Waals surface area contributed by atoms with Crippen LogP contribution in [0.1, 0.15) is 25.0 Å². The van der Waals surface area contributed by atoms with Gasteiger partial charge < -0.3 is 9.84 Å². The number of aromatic nitrogens is 2. The molecule has 0 spiro atoms. The quantitative estimate of drug-likeness (QED) is 0.898. The molecule has 94 valence electrons. The fourth-order valence-corrected chi connectivity index (χ4v) is 1.70. The van der Waals surface area contributed by atoms with E-state index in [4.69, 9.17) is 4.74 Å². The topological polar surface area (TPSA) is 55.2 Å². The molecule has 4 heteroatoms. The lowest BCUT2D eigenvalue weighted by Gasteiger charge is -2.09. The van der Waals surface area contributed by atoms with E-state index in [2.05, 4.69) is 9.97 Å². The Bertz CT molecular complexity index is 494. The molecule has 0 fully saturated rings. The van der Waals surface area contributed by atoms with Crippen molar-refractivity contribution in [3.8, 4) is 17.1 Å². The summed E-state index contributed by atoms with van der Waals surface area (Å²) in [6.07, 6.45) is 3.75. The molecule has 1 unspecified atom stereocenters. The molecule has 1 atom stereocenters. The molecule has 2 rings (SSSR count). The van der Waals surface area contributed by atoms with E-state index in [1.165, 1.54) is 7.11 Å². The van der Waals surface area contributed by atoms with Crippen LogP contribution >= 0.6 is 0 Å². The van der Waals surface area contributed by atoms with Crippen molar-refractivity contribution < 1.29 is 9.84 Å². The van der Waals surface area contributed by atoms with Crippen LogP contribution in [0, 0.1) is 0 Å². The van der Waals surface area contributed by atoms with Gasteiger partial charge in [0.1, 0.15) is 0 Å². The van der Waals surface area contributed by atoms with Gasteiger partial charge in [-0.2, -0.15) is 0 Å². The number of hydrogen-bond acceptors (Lipinski definition) is 4. The molecule has 0 saturated heterocycles. The molecular weight excluding hydrogens is 228 g/mol. The second-order valence-electron chi connectivity index (χ2n) is 4.00. The first-order valence-corrected chi connectivity index (χ1v) is 5.89. The molecule has 0 aliphatic carbocycles. The number of hydrogen-bond donors (Lipinski definition) is 1. The SMILES string of the molecule is CCC(O)c1ccc(-c2cnc(OC)nc2)cc1. The number of benzene rings is 1. The smallest absolute Gasteiger partial charge is 0.316 e. The van der Waals surface area contributed by atoms with Crippen molar-refractivity contribution in [1.82, 2.24) is 9.97 Å². The average Bonchev–Trinajstić information content (AvgIpc) is 2.47. The fraction of sp³-hybridized carbons (Fsp3) is 0.286. The average molecular weight is 244 g/mol. The van der Waals surface area contributed by atoms with Gasteiger partial charge in [-0.15, -0.1) is 0 Å². The van der Waals surface area contributed by atoms with E-state index < -0.39 is 6.10 Å². The number of aliphatic hydroxyl groups is 1. The highest BCUT2D eigenvalue weighted by Gasteiger charge is 2.05. The van der Waals surface area contributed by atoms with Crippen molar-refractivity contribution in [2.45, 2.75) is 19.4 Å². The van der Waals surface area contributed by atoms with Crippen molar-refractivity contribution in [3.05, 3.63) is 42.2 Å². The summed E-state index contributed by atoms with van der Waals surface area (Å²) in [4.78, 5) is 8.13. The Balaban J connectivity index is 2.22. The Morgan fingerprint density at radius 2 is 1.72 bits per heavy atom. The largest absolute Gasteiger partial charge is 0.467 e. The third kappa shape index (κ3) is 2.65. The second kappa shape index (κ2) is 5.60. The minimum absolute atomic E-state index is 0.358. The van der Waals surface area contributed by atoms with Crippen LogP contribution in [0.25, 0.3) is 11.1 Å². The lowest BCUT2D eigenvalue weighted by molar-refractivity contribution is 0.173. The molecule has 2 aromatic rings. The van der Waals surface area contributed by atoms with Gasteiger partial charge in [-0.05, 0) is 17.5 Å². The van der Waals surface area contributed by atoms with Crippen molar-refractivity contribution >= 4 is 0 Å². The summed E-state index contributed by atoms with van der Waals surface area (Å²) in [5, 5.41) is 9.72. The maximum absolute atomic E-state index is 9.72. The maximum atomic E-state index is 9.72. The number of rotatable bonds is 4. The number of aliphatic hydroxyl groups excluding tert-OH is 1. The predicted molar refractivity (Wildman–Crippen MR) is 69.3 cm³/mol. The fourth-order valence-electron chi connectivity index (χ4n) is 1.70. The molecule has 0 aliphatic heterocycles. The Morgan fingerprint density at radius 1 is 1.11 bits per heavy atom. The Kier molecular flexibility index (Phi) is 3.89. The minimum atomic E-state index is -0.397. The molecule has 0 radical (unpaired) electrons. The van der Waals surface area contributed by atoms with Gasteiger partial charge >= 0.3 is 6.01 Å². The van der Waals surface area contributed by atoms with Gasteiger partial charge in [-0.1, -0.05) is 31.2 Å². The molecule has 18 heavy (non-hydrogen) atoms. The zero-order valence-electron chi connectivity index (χ0n) is 10.5. The van der Waals surface area contributed by atoms with Crippen LogP contribution in [0.15, 0.2) is 36.7 Å². The van der Waals surface area contributed by atoms with Crippen molar-refractivity contribution in [2.75, 3.05) is 7.11 Å². The van der Waals surface area contributed by atoms with E-state index in [1.807, 2.05) is 31.2 Å². The summed E-state index contributed by atoms with van der Waals surface area (Å²) in [6.45, 7) is 1.95. The highest BCUT2D eigenvalue weighted by Crippen LogP contribution is 2.22. The number of ether oxygens (including phenoxy) is 1. The monoisotopic (exact) mass is 244 g/mol. The summed E-state index contributed by atoms with van der Waals surface area (Å²) < 4.78 is 4.91. The zero-order chi connectivity index (χ0) is 13.0. The minimum Gasteiger partial charge on any atom is -0.467 e.